The number of rotatable bonds is 5. The molecule has 1 amide bonds. The summed E-state index contributed by atoms with van der Waals surface area (Å²) in [5.41, 5.74) is 1.43. The maximum Gasteiger partial charge on any atom is 0.331 e. The summed E-state index contributed by atoms with van der Waals surface area (Å²) < 4.78 is 9.61. The quantitative estimate of drug-likeness (QED) is 0.676. The average Bonchev–Trinajstić information content (AvgIpc) is 2.89. The largest absolute Gasteiger partial charge is 0.452 e. The summed E-state index contributed by atoms with van der Waals surface area (Å²) in [6.45, 7) is 1.31. The minimum atomic E-state index is -0.626. The molecular formula is C15H13ClN2O4. The molecule has 0 aliphatic heterocycles. The number of carbonyl (C=O) groups is 2. The van der Waals surface area contributed by atoms with Crippen LogP contribution < -0.4 is 5.32 Å². The number of aromatic nitrogens is 1. The van der Waals surface area contributed by atoms with Crippen LogP contribution in [0.5, 0.6) is 0 Å². The number of nitrogens with one attached hydrogen (secondary N) is 1. The SMILES string of the molecule is Cc1cc(NC(=O)COC(=O)/C=C/c2ccc(Cl)cc2)on1. The molecule has 0 spiro atoms. The van der Waals surface area contributed by atoms with Gasteiger partial charge in [-0.15, -0.1) is 0 Å². The number of halogens is 1. The Morgan fingerprint density at radius 1 is 1.36 bits per heavy atom. The highest BCUT2D eigenvalue weighted by molar-refractivity contribution is 6.30. The Morgan fingerprint density at radius 3 is 2.73 bits per heavy atom. The van der Waals surface area contributed by atoms with Gasteiger partial charge in [-0.1, -0.05) is 28.9 Å². The fourth-order valence-corrected chi connectivity index (χ4v) is 1.64. The molecule has 1 aromatic heterocycles. The number of benzene rings is 1. The van der Waals surface area contributed by atoms with Crippen molar-refractivity contribution in [2.45, 2.75) is 6.92 Å². The molecule has 0 fully saturated rings. The van der Waals surface area contributed by atoms with Crippen LogP contribution in [0.4, 0.5) is 5.88 Å². The van der Waals surface area contributed by atoms with Gasteiger partial charge in [0.05, 0.1) is 5.69 Å². The molecule has 0 aliphatic carbocycles. The summed E-state index contributed by atoms with van der Waals surface area (Å²) in [5.74, 6) is -0.932. The zero-order valence-electron chi connectivity index (χ0n) is 11.7. The summed E-state index contributed by atoms with van der Waals surface area (Å²) in [5, 5.41) is 6.64. The highest BCUT2D eigenvalue weighted by Gasteiger charge is 2.08. The van der Waals surface area contributed by atoms with Gasteiger partial charge in [0.25, 0.3) is 5.91 Å². The molecule has 6 nitrogen and oxygen atoms in total. The molecule has 7 heteroatoms. The third kappa shape index (κ3) is 5.06. The molecule has 0 aliphatic rings. The van der Waals surface area contributed by atoms with Gasteiger partial charge in [0.15, 0.2) is 6.61 Å². The van der Waals surface area contributed by atoms with Crippen molar-refractivity contribution in [3.63, 3.8) is 0 Å². The van der Waals surface area contributed by atoms with E-state index in [4.69, 9.17) is 20.9 Å². The molecule has 0 radical (unpaired) electrons. The second kappa shape index (κ2) is 7.42. The molecule has 0 unspecified atom stereocenters. The Kier molecular flexibility index (Phi) is 5.32. The van der Waals surface area contributed by atoms with Gasteiger partial charge in [0.2, 0.25) is 5.88 Å². The van der Waals surface area contributed by atoms with Crippen molar-refractivity contribution >= 4 is 35.4 Å². The lowest BCUT2D eigenvalue weighted by atomic mass is 10.2. The maximum atomic E-state index is 11.5. The van der Waals surface area contributed by atoms with Crippen molar-refractivity contribution in [2.24, 2.45) is 0 Å². The number of hydrogen-bond donors (Lipinski definition) is 1. The molecule has 2 rings (SSSR count). The standard InChI is InChI=1S/C15H13ClN2O4/c1-10-8-14(22-18-10)17-13(19)9-21-15(20)7-4-11-2-5-12(16)6-3-11/h2-8H,9H2,1H3,(H,17,19)/b7-4+. The molecule has 0 atom stereocenters. The lowest BCUT2D eigenvalue weighted by Crippen LogP contribution is -2.19. The highest BCUT2D eigenvalue weighted by atomic mass is 35.5. The Hall–Kier alpha value is -2.60. The van der Waals surface area contributed by atoms with Gasteiger partial charge in [-0.05, 0) is 30.7 Å². The number of carbonyl (C=O) groups excluding carboxylic acids is 2. The van der Waals surface area contributed by atoms with Gasteiger partial charge in [-0.3, -0.25) is 10.1 Å². The number of aryl methyl sites for hydroxylation is 1. The molecule has 22 heavy (non-hydrogen) atoms. The molecule has 0 saturated heterocycles. The molecule has 0 saturated carbocycles. The third-order valence-electron chi connectivity index (χ3n) is 2.52. The minimum Gasteiger partial charge on any atom is -0.452 e. The van der Waals surface area contributed by atoms with Crippen LogP contribution >= 0.6 is 11.6 Å². The number of anilines is 1. The van der Waals surface area contributed by atoms with Crippen molar-refractivity contribution < 1.29 is 18.8 Å². The van der Waals surface area contributed by atoms with E-state index in [-0.39, 0.29) is 5.88 Å². The maximum absolute atomic E-state index is 11.5. The van der Waals surface area contributed by atoms with Crippen LogP contribution in [0.25, 0.3) is 6.08 Å². The van der Waals surface area contributed by atoms with E-state index in [2.05, 4.69) is 10.5 Å². The smallest absolute Gasteiger partial charge is 0.331 e. The molecule has 1 aromatic carbocycles. The normalized spacial score (nSPS) is 10.6. The summed E-state index contributed by atoms with van der Waals surface area (Å²) in [6, 6.07) is 8.48. The van der Waals surface area contributed by atoms with Crippen molar-refractivity contribution in [3.05, 3.63) is 52.7 Å². The molecule has 0 bridgehead atoms. The fourth-order valence-electron chi connectivity index (χ4n) is 1.52. The summed E-state index contributed by atoms with van der Waals surface area (Å²) >= 11 is 5.75. The van der Waals surface area contributed by atoms with Gasteiger partial charge in [0.1, 0.15) is 0 Å². The van der Waals surface area contributed by atoms with E-state index < -0.39 is 18.5 Å². The molecule has 114 valence electrons. The van der Waals surface area contributed by atoms with Crippen molar-refractivity contribution in [1.82, 2.24) is 5.16 Å². The van der Waals surface area contributed by atoms with Crippen LogP contribution in [-0.4, -0.2) is 23.6 Å². The summed E-state index contributed by atoms with van der Waals surface area (Å²) in [7, 11) is 0. The second-order valence-electron chi connectivity index (χ2n) is 4.37. The Balaban J connectivity index is 1.77. The molecule has 1 heterocycles. The van der Waals surface area contributed by atoms with Crippen molar-refractivity contribution in [3.8, 4) is 0 Å². The zero-order chi connectivity index (χ0) is 15.9. The first-order valence-corrected chi connectivity index (χ1v) is 6.74. The van der Waals surface area contributed by atoms with Gasteiger partial charge in [0, 0.05) is 17.2 Å². The van der Waals surface area contributed by atoms with E-state index in [0.29, 0.717) is 10.7 Å². The first-order chi connectivity index (χ1) is 10.5. The van der Waals surface area contributed by atoms with Crippen LogP contribution in [0.15, 0.2) is 40.9 Å². The van der Waals surface area contributed by atoms with Crippen molar-refractivity contribution in [2.75, 3.05) is 11.9 Å². The number of nitrogens with zero attached hydrogens (tertiary/aromatic N) is 1. The minimum absolute atomic E-state index is 0.204. The fraction of sp³-hybridized carbons (Fsp3) is 0.133. The van der Waals surface area contributed by atoms with Crippen LogP contribution in [0.3, 0.4) is 0 Å². The van der Waals surface area contributed by atoms with Crippen LogP contribution in [0, 0.1) is 6.92 Å². The van der Waals surface area contributed by atoms with Crippen LogP contribution in [-0.2, 0) is 14.3 Å². The zero-order valence-corrected chi connectivity index (χ0v) is 12.5. The van der Waals surface area contributed by atoms with Gasteiger partial charge in [-0.25, -0.2) is 4.79 Å². The topological polar surface area (TPSA) is 81.4 Å². The van der Waals surface area contributed by atoms with E-state index >= 15 is 0 Å². The Labute approximate surface area is 131 Å². The second-order valence-corrected chi connectivity index (χ2v) is 4.81. The Bertz CT molecular complexity index is 692. The van der Waals surface area contributed by atoms with E-state index in [9.17, 15) is 9.59 Å². The van der Waals surface area contributed by atoms with Gasteiger partial charge < -0.3 is 9.26 Å². The number of ether oxygens (including phenoxy) is 1. The number of esters is 1. The highest BCUT2D eigenvalue weighted by Crippen LogP contribution is 2.10. The average molecular weight is 321 g/mol. The van der Waals surface area contributed by atoms with Crippen LogP contribution in [0.1, 0.15) is 11.3 Å². The monoisotopic (exact) mass is 320 g/mol. The number of hydrogen-bond acceptors (Lipinski definition) is 5. The van der Waals surface area contributed by atoms with Gasteiger partial charge >= 0.3 is 5.97 Å². The van der Waals surface area contributed by atoms with E-state index in [1.807, 2.05) is 0 Å². The van der Waals surface area contributed by atoms with E-state index in [0.717, 1.165) is 5.56 Å². The third-order valence-corrected chi connectivity index (χ3v) is 2.77. The molecular weight excluding hydrogens is 308 g/mol. The first kappa shape index (κ1) is 15.8. The van der Waals surface area contributed by atoms with Crippen LogP contribution in [0.2, 0.25) is 5.02 Å². The first-order valence-electron chi connectivity index (χ1n) is 6.36. The summed E-state index contributed by atoms with van der Waals surface area (Å²) in [4.78, 5) is 23.0. The lowest BCUT2D eigenvalue weighted by molar-refractivity contribution is -0.142. The van der Waals surface area contributed by atoms with Crippen molar-refractivity contribution in [1.29, 1.82) is 0 Å². The molecule has 2 aromatic rings. The predicted octanol–water partition coefficient (Wildman–Crippen LogP) is 2.83. The van der Waals surface area contributed by atoms with E-state index in [1.165, 1.54) is 6.08 Å². The Morgan fingerprint density at radius 2 is 2.09 bits per heavy atom. The predicted molar refractivity (Wildman–Crippen MR) is 81.3 cm³/mol. The van der Waals surface area contributed by atoms with E-state index in [1.54, 1.807) is 43.3 Å². The molecule has 1 N–H and O–H groups in total. The number of amides is 1. The lowest BCUT2D eigenvalue weighted by Gasteiger charge is -2.01. The van der Waals surface area contributed by atoms with Gasteiger partial charge in [-0.2, -0.15) is 0 Å². The summed E-state index contributed by atoms with van der Waals surface area (Å²) in [6.07, 6.45) is 2.80.